The Bertz CT molecular complexity index is 1350. The third-order valence-electron chi connectivity index (χ3n) is 6.19. The number of amides is 1. The summed E-state index contributed by atoms with van der Waals surface area (Å²) in [6.07, 6.45) is 1.88. The van der Waals surface area contributed by atoms with E-state index in [1.165, 1.54) is 17.3 Å². The van der Waals surface area contributed by atoms with Gasteiger partial charge in [-0.2, -0.15) is 0 Å². The van der Waals surface area contributed by atoms with E-state index in [2.05, 4.69) is 52.0 Å². The van der Waals surface area contributed by atoms with E-state index in [4.69, 9.17) is 14.5 Å². The number of thioether (sulfide) groups is 1. The molecule has 1 amide bonds. The van der Waals surface area contributed by atoms with Gasteiger partial charge in [0.15, 0.2) is 5.17 Å². The molecule has 2 fully saturated rings. The Morgan fingerprint density at radius 1 is 1.08 bits per heavy atom. The average Bonchev–Trinajstić information content (AvgIpc) is 3.17. The normalized spacial score (nSPS) is 18.2. The van der Waals surface area contributed by atoms with E-state index in [1.54, 1.807) is 11.9 Å². The number of rotatable bonds is 6. The second kappa shape index (κ2) is 11.5. The maximum atomic E-state index is 13.1. The second-order valence-corrected chi connectivity index (χ2v) is 10.9. The largest absolute Gasteiger partial charge is 0.488 e. The SMILES string of the molecule is Cc1cccc(COc2ccc(Br)cc2/C=C2\SC(=Nc3ccc(N4CCOCC4)cc3)N(C)C2=O)c1. The molecule has 37 heavy (non-hydrogen) atoms. The van der Waals surface area contributed by atoms with Crippen LogP contribution in [0.2, 0.25) is 0 Å². The van der Waals surface area contributed by atoms with E-state index in [0.717, 1.165) is 59.0 Å². The van der Waals surface area contributed by atoms with Crippen molar-refractivity contribution in [2.24, 2.45) is 4.99 Å². The number of aliphatic imine (C=N–C) groups is 1. The number of aryl methyl sites for hydroxylation is 1. The number of hydrogen-bond acceptors (Lipinski definition) is 6. The first kappa shape index (κ1) is 25.6. The van der Waals surface area contributed by atoms with Crippen molar-refractivity contribution in [1.29, 1.82) is 0 Å². The van der Waals surface area contributed by atoms with Crippen LogP contribution < -0.4 is 9.64 Å². The van der Waals surface area contributed by atoms with Crippen molar-refractivity contribution in [3.8, 4) is 5.75 Å². The van der Waals surface area contributed by atoms with Crippen LogP contribution in [0.1, 0.15) is 16.7 Å². The first-order chi connectivity index (χ1) is 18.0. The number of hydrogen-bond donors (Lipinski definition) is 0. The molecule has 3 aromatic rings. The molecule has 0 aliphatic carbocycles. The molecule has 0 unspecified atom stereocenters. The molecule has 190 valence electrons. The van der Waals surface area contributed by atoms with Crippen LogP contribution in [0.3, 0.4) is 0 Å². The molecule has 0 bridgehead atoms. The second-order valence-electron chi connectivity index (χ2n) is 8.94. The minimum atomic E-state index is -0.0849. The topological polar surface area (TPSA) is 54.4 Å². The Hall–Kier alpha value is -3.07. The standard InChI is InChI=1S/C29H28BrN3O3S/c1-20-4-3-5-21(16-20)19-36-26-11-6-23(30)17-22(26)18-27-28(34)32(2)29(37-27)31-24-7-9-25(10-8-24)33-12-14-35-15-13-33/h3-11,16-18H,12-15,19H2,1-2H3/b27-18-,31-29?. The van der Waals surface area contributed by atoms with Crippen molar-refractivity contribution in [2.45, 2.75) is 13.5 Å². The van der Waals surface area contributed by atoms with Gasteiger partial charge in [-0.05, 0) is 72.8 Å². The van der Waals surface area contributed by atoms with Crippen LogP contribution in [0.5, 0.6) is 5.75 Å². The predicted octanol–water partition coefficient (Wildman–Crippen LogP) is 6.41. The Morgan fingerprint density at radius 2 is 1.86 bits per heavy atom. The first-order valence-corrected chi connectivity index (χ1v) is 13.7. The molecular formula is C29H28BrN3O3S. The van der Waals surface area contributed by atoms with E-state index in [0.29, 0.717) is 16.7 Å². The molecule has 8 heteroatoms. The third kappa shape index (κ3) is 6.26. The summed E-state index contributed by atoms with van der Waals surface area (Å²) in [5.41, 5.74) is 5.09. The van der Waals surface area contributed by atoms with Gasteiger partial charge in [-0.25, -0.2) is 4.99 Å². The van der Waals surface area contributed by atoms with E-state index >= 15 is 0 Å². The van der Waals surface area contributed by atoms with Gasteiger partial charge in [-0.3, -0.25) is 9.69 Å². The molecule has 0 atom stereocenters. The van der Waals surface area contributed by atoms with E-state index in [9.17, 15) is 4.79 Å². The van der Waals surface area contributed by atoms with Crippen molar-refractivity contribution in [3.05, 3.63) is 92.8 Å². The Morgan fingerprint density at radius 3 is 2.62 bits per heavy atom. The number of benzene rings is 3. The minimum Gasteiger partial charge on any atom is -0.488 e. The maximum Gasteiger partial charge on any atom is 0.266 e. The van der Waals surface area contributed by atoms with Gasteiger partial charge in [0.2, 0.25) is 0 Å². The fourth-order valence-electron chi connectivity index (χ4n) is 4.19. The van der Waals surface area contributed by atoms with Crippen LogP contribution in [0.25, 0.3) is 6.08 Å². The van der Waals surface area contributed by atoms with Crippen LogP contribution in [0, 0.1) is 6.92 Å². The van der Waals surface area contributed by atoms with Gasteiger partial charge in [-0.15, -0.1) is 0 Å². The Kier molecular flexibility index (Phi) is 7.98. The van der Waals surface area contributed by atoms with Crippen LogP contribution in [0.15, 0.2) is 81.1 Å². The fraction of sp³-hybridized carbons (Fsp3) is 0.241. The van der Waals surface area contributed by atoms with Crippen molar-refractivity contribution < 1.29 is 14.3 Å². The van der Waals surface area contributed by atoms with Crippen molar-refractivity contribution in [1.82, 2.24) is 4.90 Å². The number of morpholine rings is 1. The van der Waals surface area contributed by atoms with E-state index in [-0.39, 0.29) is 5.91 Å². The lowest BCUT2D eigenvalue weighted by Crippen LogP contribution is -2.36. The molecular weight excluding hydrogens is 550 g/mol. The van der Waals surface area contributed by atoms with Crippen LogP contribution in [0.4, 0.5) is 11.4 Å². The zero-order valence-electron chi connectivity index (χ0n) is 20.8. The lowest BCUT2D eigenvalue weighted by Gasteiger charge is -2.28. The summed E-state index contributed by atoms with van der Waals surface area (Å²) < 4.78 is 12.5. The summed E-state index contributed by atoms with van der Waals surface area (Å²) in [6, 6.07) is 22.2. The van der Waals surface area contributed by atoms with E-state index in [1.807, 2.05) is 48.5 Å². The fourth-order valence-corrected chi connectivity index (χ4v) is 5.55. The lowest BCUT2D eigenvalue weighted by atomic mass is 10.1. The van der Waals surface area contributed by atoms with Gasteiger partial charge in [0.25, 0.3) is 5.91 Å². The third-order valence-corrected chi connectivity index (χ3v) is 7.74. The number of carbonyl (C=O) groups excluding carboxylic acids is 1. The molecule has 2 aliphatic heterocycles. The molecule has 0 radical (unpaired) electrons. The number of carbonyl (C=O) groups is 1. The van der Waals surface area contributed by atoms with Gasteiger partial charge in [-0.1, -0.05) is 45.8 Å². The van der Waals surface area contributed by atoms with Gasteiger partial charge < -0.3 is 14.4 Å². The molecule has 5 rings (SSSR count). The van der Waals surface area contributed by atoms with E-state index < -0.39 is 0 Å². The Balaban J connectivity index is 1.34. The highest BCUT2D eigenvalue weighted by atomic mass is 79.9. The molecule has 0 N–H and O–H groups in total. The number of anilines is 1. The summed E-state index contributed by atoms with van der Waals surface area (Å²) in [7, 11) is 1.76. The number of amidine groups is 1. The maximum absolute atomic E-state index is 13.1. The van der Waals surface area contributed by atoms with Crippen LogP contribution in [-0.4, -0.2) is 49.3 Å². The summed E-state index contributed by atoms with van der Waals surface area (Å²) in [5, 5.41) is 0.646. The zero-order chi connectivity index (χ0) is 25.8. The van der Waals surface area contributed by atoms with Crippen molar-refractivity contribution in [3.63, 3.8) is 0 Å². The van der Waals surface area contributed by atoms with Gasteiger partial charge in [0.05, 0.1) is 23.8 Å². The first-order valence-electron chi connectivity index (χ1n) is 12.1. The summed E-state index contributed by atoms with van der Waals surface area (Å²) >= 11 is 4.92. The number of nitrogens with zero attached hydrogens (tertiary/aromatic N) is 3. The molecule has 2 heterocycles. The van der Waals surface area contributed by atoms with Gasteiger partial charge in [0.1, 0.15) is 12.4 Å². The quantitative estimate of drug-likeness (QED) is 0.317. The minimum absolute atomic E-state index is 0.0849. The molecule has 2 aliphatic rings. The molecule has 3 aromatic carbocycles. The molecule has 6 nitrogen and oxygen atoms in total. The molecule has 0 aromatic heterocycles. The van der Waals surface area contributed by atoms with Gasteiger partial charge in [0, 0.05) is 35.9 Å². The smallest absolute Gasteiger partial charge is 0.266 e. The summed E-state index contributed by atoms with van der Waals surface area (Å²) in [5.74, 6) is 0.635. The summed E-state index contributed by atoms with van der Waals surface area (Å²) in [4.78, 5) is 22.3. The predicted molar refractivity (Wildman–Crippen MR) is 155 cm³/mol. The monoisotopic (exact) mass is 577 g/mol. The van der Waals surface area contributed by atoms with Crippen molar-refractivity contribution >= 4 is 56.2 Å². The average molecular weight is 579 g/mol. The lowest BCUT2D eigenvalue weighted by molar-refractivity contribution is -0.121. The Labute approximate surface area is 230 Å². The number of halogens is 1. The zero-order valence-corrected chi connectivity index (χ0v) is 23.2. The highest BCUT2D eigenvalue weighted by Crippen LogP contribution is 2.36. The molecule has 2 saturated heterocycles. The van der Waals surface area contributed by atoms with Crippen LogP contribution >= 0.6 is 27.7 Å². The molecule has 0 saturated carbocycles. The summed E-state index contributed by atoms with van der Waals surface area (Å²) in [6.45, 7) is 5.80. The number of ether oxygens (including phenoxy) is 2. The van der Waals surface area contributed by atoms with Crippen molar-refractivity contribution in [2.75, 3.05) is 38.3 Å². The number of likely N-dealkylation sites (N-methyl/N-ethyl adjacent to an activating group) is 1. The molecule has 0 spiro atoms. The highest BCUT2D eigenvalue weighted by Gasteiger charge is 2.30. The highest BCUT2D eigenvalue weighted by molar-refractivity contribution is 9.10. The van der Waals surface area contributed by atoms with Crippen LogP contribution in [-0.2, 0) is 16.1 Å². The van der Waals surface area contributed by atoms with Gasteiger partial charge >= 0.3 is 0 Å².